The number of rotatable bonds is 4. The van der Waals surface area contributed by atoms with Crippen LogP contribution >= 0.6 is 0 Å². The first-order chi connectivity index (χ1) is 15.6. The van der Waals surface area contributed by atoms with Crippen molar-refractivity contribution in [2.24, 2.45) is 0 Å². The normalized spacial score (nSPS) is 17.1. The van der Waals surface area contributed by atoms with Gasteiger partial charge in [0.05, 0.1) is 0 Å². The van der Waals surface area contributed by atoms with E-state index in [0.717, 1.165) is 24.0 Å². The summed E-state index contributed by atoms with van der Waals surface area (Å²) in [5, 5.41) is 17.9. The molecule has 1 fully saturated rings. The van der Waals surface area contributed by atoms with Crippen LogP contribution in [0, 0.1) is 36.9 Å². The Morgan fingerprint density at radius 1 is 0.625 bits per heavy atom. The van der Waals surface area contributed by atoms with Gasteiger partial charge >= 0.3 is 0 Å². The van der Waals surface area contributed by atoms with E-state index in [1.54, 1.807) is 12.5 Å². The van der Waals surface area contributed by atoms with E-state index in [1.165, 1.54) is 68.9 Å². The first kappa shape index (κ1) is 23.7. The van der Waals surface area contributed by atoms with Crippen molar-refractivity contribution in [2.75, 3.05) is 0 Å². The lowest BCUT2D eigenvalue weighted by Gasteiger charge is -2.37. The second-order valence-electron chi connectivity index (χ2n) is 9.11. The van der Waals surface area contributed by atoms with Gasteiger partial charge in [-0.3, -0.25) is 0 Å². The number of benzene rings is 2. The van der Waals surface area contributed by atoms with Gasteiger partial charge in [-0.2, -0.15) is 0 Å². The molecular formula is C28H34N2O2. The number of hydrogen-bond donors (Lipinski definition) is 0. The van der Waals surface area contributed by atoms with Crippen LogP contribution in [0.25, 0.3) is 0 Å². The van der Waals surface area contributed by atoms with E-state index in [0.29, 0.717) is 11.5 Å². The molecule has 0 spiro atoms. The molecule has 1 saturated carbocycles. The van der Waals surface area contributed by atoms with Gasteiger partial charge in [0, 0.05) is 5.41 Å². The smallest absolute Gasteiger partial charge is 0.292 e. The number of nitrogens with zero attached hydrogens (tertiary/aromatic N) is 2. The SMILES string of the molecule is Cc1cc(C2(c3ccc(OC#N)c(C)c3)CCCCCCCCCCC2)ccc1OC#N. The molecule has 0 atom stereocenters. The van der Waals surface area contributed by atoms with Crippen LogP contribution in [0.5, 0.6) is 11.5 Å². The minimum absolute atomic E-state index is 0.106. The summed E-state index contributed by atoms with van der Waals surface area (Å²) in [5.74, 6) is 1.24. The second-order valence-corrected chi connectivity index (χ2v) is 9.11. The zero-order chi connectivity index (χ0) is 22.8. The highest BCUT2D eigenvalue weighted by Gasteiger charge is 2.34. The summed E-state index contributed by atoms with van der Waals surface area (Å²) in [4.78, 5) is 0. The maximum atomic E-state index is 8.96. The van der Waals surface area contributed by atoms with Crippen LogP contribution in [-0.2, 0) is 5.41 Å². The number of hydrogen-bond acceptors (Lipinski definition) is 4. The van der Waals surface area contributed by atoms with Crippen LogP contribution in [-0.4, -0.2) is 0 Å². The standard InChI is InChI=1S/C28H34N2O2/c1-22-18-24(12-14-26(22)31-20-29)28(25-13-15-27(32-21-30)23(2)19-25)16-10-8-6-4-3-5-7-9-11-17-28/h12-15,18-19H,3-11,16-17H2,1-2H3. The molecule has 1 aliphatic carbocycles. The highest BCUT2D eigenvalue weighted by atomic mass is 16.5. The van der Waals surface area contributed by atoms with Gasteiger partial charge in [0.1, 0.15) is 11.5 Å². The van der Waals surface area contributed by atoms with Crippen LogP contribution < -0.4 is 9.47 Å². The number of aryl methyl sites for hydroxylation is 2. The van der Waals surface area contributed by atoms with Crippen molar-refractivity contribution < 1.29 is 9.47 Å². The van der Waals surface area contributed by atoms with Gasteiger partial charge in [-0.05, 0) is 61.1 Å². The third kappa shape index (κ3) is 5.63. The molecule has 0 heterocycles. The first-order valence-corrected chi connectivity index (χ1v) is 11.9. The van der Waals surface area contributed by atoms with E-state index in [4.69, 9.17) is 20.0 Å². The van der Waals surface area contributed by atoms with Crippen molar-refractivity contribution in [3.05, 3.63) is 58.7 Å². The molecule has 168 valence electrons. The summed E-state index contributed by atoms with van der Waals surface area (Å²) in [6.07, 6.45) is 17.3. The largest absolute Gasteiger partial charge is 0.388 e. The Kier molecular flexibility index (Phi) is 8.57. The summed E-state index contributed by atoms with van der Waals surface area (Å²) in [6, 6.07) is 12.6. The lowest BCUT2D eigenvalue weighted by atomic mass is 9.67. The second kappa shape index (κ2) is 11.6. The van der Waals surface area contributed by atoms with Crippen LogP contribution in [0.2, 0.25) is 0 Å². The summed E-state index contributed by atoms with van der Waals surface area (Å²) in [5.41, 5.74) is 4.42. The van der Waals surface area contributed by atoms with Gasteiger partial charge in [0.15, 0.2) is 0 Å². The maximum Gasteiger partial charge on any atom is 0.292 e. The minimum Gasteiger partial charge on any atom is -0.388 e. The summed E-state index contributed by atoms with van der Waals surface area (Å²) < 4.78 is 10.3. The molecule has 0 aromatic heterocycles. The molecule has 0 aliphatic heterocycles. The summed E-state index contributed by atoms with van der Waals surface area (Å²) in [6.45, 7) is 4.02. The molecule has 0 amide bonds. The summed E-state index contributed by atoms with van der Waals surface area (Å²) in [7, 11) is 0. The zero-order valence-corrected chi connectivity index (χ0v) is 19.5. The van der Waals surface area contributed by atoms with Gasteiger partial charge in [-0.1, -0.05) is 82.1 Å². The molecule has 2 aromatic carbocycles. The molecular weight excluding hydrogens is 396 g/mol. The van der Waals surface area contributed by atoms with Crippen molar-refractivity contribution >= 4 is 0 Å². The highest BCUT2D eigenvalue weighted by molar-refractivity contribution is 5.48. The fraction of sp³-hybridized carbons (Fsp3) is 0.500. The van der Waals surface area contributed by atoms with Crippen molar-refractivity contribution in [3.8, 4) is 24.0 Å². The quantitative estimate of drug-likeness (QED) is 0.468. The molecule has 4 nitrogen and oxygen atoms in total. The van der Waals surface area contributed by atoms with E-state index < -0.39 is 0 Å². The van der Waals surface area contributed by atoms with Crippen molar-refractivity contribution in [2.45, 2.75) is 89.9 Å². The Hall–Kier alpha value is -2.98. The molecule has 0 N–H and O–H groups in total. The predicted molar refractivity (Wildman–Crippen MR) is 126 cm³/mol. The fourth-order valence-corrected chi connectivity index (χ4v) is 5.18. The minimum atomic E-state index is -0.106. The van der Waals surface area contributed by atoms with Gasteiger partial charge in [0.2, 0.25) is 0 Å². The Morgan fingerprint density at radius 2 is 1.00 bits per heavy atom. The lowest BCUT2D eigenvalue weighted by Crippen LogP contribution is -2.28. The van der Waals surface area contributed by atoms with Gasteiger partial charge in [0.25, 0.3) is 12.5 Å². The van der Waals surface area contributed by atoms with E-state index in [1.807, 2.05) is 26.0 Å². The Balaban J connectivity index is 2.08. The molecule has 1 aliphatic rings. The fourth-order valence-electron chi connectivity index (χ4n) is 5.18. The monoisotopic (exact) mass is 430 g/mol. The topological polar surface area (TPSA) is 66.0 Å². The molecule has 0 saturated heterocycles. The van der Waals surface area contributed by atoms with Crippen molar-refractivity contribution in [1.29, 1.82) is 10.5 Å². The van der Waals surface area contributed by atoms with Crippen LogP contribution in [0.15, 0.2) is 36.4 Å². The lowest BCUT2D eigenvalue weighted by molar-refractivity contribution is 0.381. The van der Waals surface area contributed by atoms with Crippen LogP contribution in [0.4, 0.5) is 0 Å². The third-order valence-corrected chi connectivity index (χ3v) is 6.97. The van der Waals surface area contributed by atoms with E-state index in [2.05, 4.69) is 24.3 Å². The molecule has 4 heteroatoms. The molecule has 2 aromatic rings. The molecule has 0 radical (unpaired) electrons. The maximum absolute atomic E-state index is 8.96. The Bertz CT molecular complexity index is 904. The Labute approximate surface area is 192 Å². The van der Waals surface area contributed by atoms with E-state index >= 15 is 0 Å². The van der Waals surface area contributed by atoms with E-state index in [9.17, 15) is 0 Å². The average molecular weight is 431 g/mol. The van der Waals surface area contributed by atoms with Crippen molar-refractivity contribution in [3.63, 3.8) is 0 Å². The molecule has 0 bridgehead atoms. The zero-order valence-electron chi connectivity index (χ0n) is 19.5. The van der Waals surface area contributed by atoms with Crippen LogP contribution in [0.1, 0.15) is 92.9 Å². The summed E-state index contributed by atoms with van der Waals surface area (Å²) >= 11 is 0. The molecule has 32 heavy (non-hydrogen) atoms. The molecule has 3 rings (SSSR count). The average Bonchev–Trinajstić information content (AvgIpc) is 2.77. The van der Waals surface area contributed by atoms with Crippen molar-refractivity contribution in [1.82, 2.24) is 0 Å². The highest BCUT2D eigenvalue weighted by Crippen LogP contribution is 2.44. The number of ether oxygens (including phenoxy) is 2. The van der Waals surface area contributed by atoms with E-state index in [-0.39, 0.29) is 5.41 Å². The predicted octanol–water partition coefficient (Wildman–Crippen LogP) is 7.61. The van der Waals surface area contributed by atoms with Gasteiger partial charge in [-0.25, -0.2) is 0 Å². The first-order valence-electron chi connectivity index (χ1n) is 11.9. The third-order valence-electron chi connectivity index (χ3n) is 6.97. The number of nitriles is 2. The molecule has 0 unspecified atom stereocenters. The van der Waals surface area contributed by atoms with Gasteiger partial charge in [-0.15, -0.1) is 10.5 Å². The van der Waals surface area contributed by atoms with Gasteiger partial charge < -0.3 is 9.47 Å². The van der Waals surface area contributed by atoms with Crippen LogP contribution in [0.3, 0.4) is 0 Å². The Morgan fingerprint density at radius 3 is 1.34 bits per heavy atom.